The van der Waals surface area contributed by atoms with Crippen molar-refractivity contribution < 1.29 is 14.3 Å². The molecule has 0 fully saturated rings. The van der Waals surface area contributed by atoms with Crippen LogP contribution in [0.3, 0.4) is 0 Å². The number of carbonyl (C=O) groups excluding carboxylic acids is 2. The summed E-state index contributed by atoms with van der Waals surface area (Å²) in [6.45, 7) is 0. The Labute approximate surface area is 82.7 Å². The summed E-state index contributed by atoms with van der Waals surface area (Å²) in [5.74, 6) is 0.655. The molecule has 14 heavy (non-hydrogen) atoms. The lowest BCUT2D eigenvalue weighted by Crippen LogP contribution is -1.95. The SMILES string of the molecule is COc1ccc(CCC=O)c(C=O)c1. The van der Waals surface area contributed by atoms with Gasteiger partial charge in [0.25, 0.3) is 0 Å². The quantitative estimate of drug-likeness (QED) is 0.666. The van der Waals surface area contributed by atoms with Gasteiger partial charge in [0, 0.05) is 12.0 Å². The highest BCUT2D eigenvalue weighted by Gasteiger charge is 2.02. The molecule has 0 atom stereocenters. The fourth-order valence-electron chi connectivity index (χ4n) is 1.25. The van der Waals surface area contributed by atoms with Gasteiger partial charge in [-0.25, -0.2) is 0 Å². The monoisotopic (exact) mass is 192 g/mol. The van der Waals surface area contributed by atoms with Gasteiger partial charge in [-0.15, -0.1) is 0 Å². The van der Waals surface area contributed by atoms with Gasteiger partial charge in [-0.3, -0.25) is 4.79 Å². The van der Waals surface area contributed by atoms with Crippen LogP contribution in [0.4, 0.5) is 0 Å². The van der Waals surface area contributed by atoms with Crippen molar-refractivity contribution in [2.75, 3.05) is 7.11 Å². The van der Waals surface area contributed by atoms with Crippen molar-refractivity contribution in [3.05, 3.63) is 29.3 Å². The Balaban J connectivity index is 2.92. The molecule has 1 aromatic rings. The Kier molecular flexibility index (Phi) is 3.85. The van der Waals surface area contributed by atoms with Gasteiger partial charge in [-0.05, 0) is 24.1 Å². The molecule has 0 saturated carbocycles. The third-order valence-electron chi connectivity index (χ3n) is 2.01. The van der Waals surface area contributed by atoms with Crippen LogP contribution < -0.4 is 4.74 Å². The van der Waals surface area contributed by atoms with E-state index in [2.05, 4.69) is 0 Å². The van der Waals surface area contributed by atoms with E-state index in [1.54, 1.807) is 19.2 Å². The number of hydrogen-bond acceptors (Lipinski definition) is 3. The maximum absolute atomic E-state index is 10.7. The van der Waals surface area contributed by atoms with E-state index < -0.39 is 0 Å². The zero-order valence-electron chi connectivity index (χ0n) is 8.03. The molecule has 0 spiro atoms. The molecule has 0 aliphatic rings. The normalized spacial score (nSPS) is 9.50. The molecule has 1 aromatic carbocycles. The second kappa shape index (κ2) is 5.17. The van der Waals surface area contributed by atoms with Crippen LogP contribution in [0.2, 0.25) is 0 Å². The first-order valence-corrected chi connectivity index (χ1v) is 4.37. The van der Waals surface area contributed by atoms with E-state index in [0.717, 1.165) is 18.1 Å². The molecule has 0 bridgehead atoms. The topological polar surface area (TPSA) is 43.4 Å². The fourth-order valence-corrected chi connectivity index (χ4v) is 1.25. The Hall–Kier alpha value is -1.64. The molecule has 0 aliphatic carbocycles. The molecule has 0 radical (unpaired) electrons. The number of aldehydes is 2. The van der Waals surface area contributed by atoms with Crippen LogP contribution in [0.15, 0.2) is 18.2 Å². The summed E-state index contributed by atoms with van der Waals surface area (Å²) in [4.78, 5) is 20.9. The van der Waals surface area contributed by atoms with Crippen LogP contribution in [0.5, 0.6) is 5.75 Å². The standard InChI is InChI=1S/C11H12O3/c1-14-11-5-4-9(3-2-6-12)10(7-11)8-13/h4-8H,2-3H2,1H3. The van der Waals surface area contributed by atoms with Gasteiger partial charge >= 0.3 is 0 Å². The van der Waals surface area contributed by atoms with Crippen LogP contribution in [-0.4, -0.2) is 19.7 Å². The summed E-state index contributed by atoms with van der Waals surface area (Å²) in [5, 5.41) is 0. The highest BCUT2D eigenvalue weighted by molar-refractivity contribution is 5.78. The van der Waals surface area contributed by atoms with Crippen molar-refractivity contribution in [3.8, 4) is 5.75 Å². The molecule has 0 saturated heterocycles. The molecule has 3 nitrogen and oxygen atoms in total. The minimum Gasteiger partial charge on any atom is -0.497 e. The van der Waals surface area contributed by atoms with Crippen LogP contribution >= 0.6 is 0 Å². The molecule has 0 aliphatic heterocycles. The minimum atomic E-state index is 0.438. The van der Waals surface area contributed by atoms with Crippen molar-refractivity contribution in [2.45, 2.75) is 12.8 Å². The molecule has 0 heterocycles. The Morgan fingerprint density at radius 2 is 2.14 bits per heavy atom. The number of benzene rings is 1. The van der Waals surface area contributed by atoms with E-state index in [-0.39, 0.29) is 0 Å². The van der Waals surface area contributed by atoms with Crippen LogP contribution in [0.1, 0.15) is 22.3 Å². The second-order valence-corrected chi connectivity index (χ2v) is 2.89. The number of ether oxygens (including phenoxy) is 1. The van der Waals surface area contributed by atoms with Gasteiger partial charge in [-0.2, -0.15) is 0 Å². The van der Waals surface area contributed by atoms with Crippen molar-refractivity contribution in [1.82, 2.24) is 0 Å². The van der Waals surface area contributed by atoms with Gasteiger partial charge < -0.3 is 9.53 Å². The first-order chi connectivity index (χ1) is 6.81. The highest BCUT2D eigenvalue weighted by atomic mass is 16.5. The number of hydrogen-bond donors (Lipinski definition) is 0. The third kappa shape index (κ3) is 2.42. The number of aryl methyl sites for hydroxylation is 1. The van der Waals surface area contributed by atoms with E-state index in [0.29, 0.717) is 24.2 Å². The third-order valence-corrected chi connectivity index (χ3v) is 2.01. The summed E-state index contributed by atoms with van der Waals surface area (Å²) in [5.41, 5.74) is 1.47. The lowest BCUT2D eigenvalue weighted by molar-refractivity contribution is -0.107. The Bertz CT molecular complexity index is 331. The van der Waals surface area contributed by atoms with Crippen LogP contribution in [0.25, 0.3) is 0 Å². The van der Waals surface area contributed by atoms with Gasteiger partial charge in [0.1, 0.15) is 18.3 Å². The molecule has 0 unspecified atom stereocenters. The van der Waals surface area contributed by atoms with Crippen molar-refractivity contribution in [3.63, 3.8) is 0 Å². The summed E-state index contributed by atoms with van der Waals surface area (Å²) in [7, 11) is 1.55. The molecular weight excluding hydrogens is 180 g/mol. The minimum absolute atomic E-state index is 0.438. The van der Waals surface area contributed by atoms with E-state index in [4.69, 9.17) is 4.74 Å². The van der Waals surface area contributed by atoms with Crippen molar-refractivity contribution >= 4 is 12.6 Å². The fraction of sp³-hybridized carbons (Fsp3) is 0.273. The van der Waals surface area contributed by atoms with E-state index >= 15 is 0 Å². The van der Waals surface area contributed by atoms with Gasteiger partial charge in [0.2, 0.25) is 0 Å². The largest absolute Gasteiger partial charge is 0.497 e. The zero-order chi connectivity index (χ0) is 10.4. The summed E-state index contributed by atoms with van der Waals surface area (Å²) < 4.78 is 4.99. The van der Waals surface area contributed by atoms with Crippen molar-refractivity contribution in [2.24, 2.45) is 0 Å². The molecule has 0 N–H and O–H groups in total. The predicted molar refractivity (Wildman–Crippen MR) is 52.8 cm³/mol. The molecule has 74 valence electrons. The average Bonchev–Trinajstić information content (AvgIpc) is 2.26. The predicted octanol–water partition coefficient (Wildman–Crippen LogP) is 1.64. The number of carbonyl (C=O) groups is 2. The van der Waals surface area contributed by atoms with E-state index in [1.165, 1.54) is 0 Å². The molecule has 0 aromatic heterocycles. The molecular formula is C11H12O3. The number of methoxy groups -OCH3 is 1. The van der Waals surface area contributed by atoms with Crippen molar-refractivity contribution in [1.29, 1.82) is 0 Å². The maximum atomic E-state index is 10.7. The van der Waals surface area contributed by atoms with Crippen LogP contribution in [0, 0.1) is 0 Å². The lowest BCUT2D eigenvalue weighted by Gasteiger charge is -2.05. The highest BCUT2D eigenvalue weighted by Crippen LogP contribution is 2.17. The maximum Gasteiger partial charge on any atom is 0.150 e. The zero-order valence-corrected chi connectivity index (χ0v) is 8.03. The van der Waals surface area contributed by atoms with E-state index in [9.17, 15) is 9.59 Å². The van der Waals surface area contributed by atoms with E-state index in [1.807, 2.05) is 6.07 Å². The second-order valence-electron chi connectivity index (χ2n) is 2.89. The summed E-state index contributed by atoms with van der Waals surface area (Å²) >= 11 is 0. The summed E-state index contributed by atoms with van der Waals surface area (Å²) in [6, 6.07) is 5.27. The van der Waals surface area contributed by atoms with Gasteiger partial charge in [-0.1, -0.05) is 6.07 Å². The average molecular weight is 192 g/mol. The first kappa shape index (κ1) is 10.4. The smallest absolute Gasteiger partial charge is 0.150 e. The summed E-state index contributed by atoms with van der Waals surface area (Å²) in [6.07, 6.45) is 2.66. The lowest BCUT2D eigenvalue weighted by atomic mass is 10.0. The first-order valence-electron chi connectivity index (χ1n) is 4.37. The van der Waals surface area contributed by atoms with Crippen LogP contribution in [-0.2, 0) is 11.2 Å². The Morgan fingerprint density at radius 3 is 2.71 bits per heavy atom. The molecule has 3 heteroatoms. The van der Waals surface area contributed by atoms with Gasteiger partial charge in [0.05, 0.1) is 7.11 Å². The molecule has 1 rings (SSSR count). The number of rotatable bonds is 5. The molecule has 0 amide bonds. The van der Waals surface area contributed by atoms with Gasteiger partial charge in [0.15, 0.2) is 0 Å². The Morgan fingerprint density at radius 1 is 1.36 bits per heavy atom.